The second-order valence-electron chi connectivity index (χ2n) is 7.25. The maximum Gasteiger partial charge on any atom is 0.282 e. The lowest BCUT2D eigenvalue weighted by Gasteiger charge is -2.20. The van der Waals surface area contributed by atoms with E-state index in [-0.39, 0.29) is 5.56 Å². The molecule has 0 amide bonds. The summed E-state index contributed by atoms with van der Waals surface area (Å²) in [7, 11) is 0. The van der Waals surface area contributed by atoms with Gasteiger partial charge >= 0.3 is 0 Å². The molecular weight excluding hydrogens is 392 g/mol. The van der Waals surface area contributed by atoms with Crippen LogP contribution in [0.5, 0.6) is 0 Å². The van der Waals surface area contributed by atoms with E-state index in [9.17, 15) is 10.1 Å². The zero-order valence-corrected chi connectivity index (χ0v) is 16.9. The second-order valence-corrected chi connectivity index (χ2v) is 7.25. The molecule has 5 rings (SSSR count). The molecule has 152 valence electrons. The Morgan fingerprint density at radius 3 is 2.77 bits per heavy atom. The van der Waals surface area contributed by atoms with Crippen LogP contribution in [0.1, 0.15) is 29.9 Å². The minimum absolute atomic E-state index is 0.153. The highest BCUT2D eigenvalue weighted by molar-refractivity contribution is 5.92. The minimum Gasteiger partial charge on any atom is -0.360 e. The van der Waals surface area contributed by atoms with Crippen LogP contribution in [0.3, 0.4) is 0 Å². The lowest BCUT2D eigenvalue weighted by Crippen LogP contribution is -2.29. The summed E-state index contributed by atoms with van der Waals surface area (Å²) in [6.07, 6.45) is 4.80. The van der Waals surface area contributed by atoms with E-state index in [0.717, 1.165) is 11.3 Å². The molecule has 1 aromatic carbocycles. The van der Waals surface area contributed by atoms with Crippen LogP contribution in [-0.4, -0.2) is 29.1 Å². The van der Waals surface area contributed by atoms with Crippen LogP contribution in [0, 0.1) is 18.3 Å². The number of fused-ring (bicyclic) bond motifs is 2. The van der Waals surface area contributed by atoms with Gasteiger partial charge in [-0.15, -0.1) is 0 Å². The number of hydrogen-bond donors (Lipinski definition) is 2. The number of anilines is 1. The minimum atomic E-state index is -0.403. The van der Waals surface area contributed by atoms with Crippen LogP contribution >= 0.6 is 0 Å². The molecular formula is C22H18N8O. The van der Waals surface area contributed by atoms with Crippen molar-refractivity contribution in [3.05, 3.63) is 82.4 Å². The summed E-state index contributed by atoms with van der Waals surface area (Å²) in [4.78, 5) is 24.9. The summed E-state index contributed by atoms with van der Waals surface area (Å²) in [5.41, 5.74) is 2.96. The predicted molar refractivity (Wildman–Crippen MR) is 116 cm³/mol. The third kappa shape index (κ3) is 2.93. The van der Waals surface area contributed by atoms with E-state index < -0.39 is 6.04 Å². The molecule has 4 heterocycles. The molecule has 4 aromatic heterocycles. The van der Waals surface area contributed by atoms with E-state index in [1.165, 1.54) is 6.33 Å². The van der Waals surface area contributed by atoms with Crippen LogP contribution in [0.2, 0.25) is 0 Å². The van der Waals surface area contributed by atoms with E-state index in [4.69, 9.17) is 5.10 Å². The van der Waals surface area contributed by atoms with Crippen LogP contribution in [0.15, 0.2) is 59.9 Å². The number of aromatic nitrogens is 6. The largest absolute Gasteiger partial charge is 0.360 e. The Kier molecular flexibility index (Phi) is 4.26. The standard InChI is InChI=1S/C22H18N8O/c1-13-8-9-29-18(13)22(31)30(16-6-4-3-5-7-16)21(28-29)14(2)27-20-17-15(10-23)11-24-19(17)25-12-26-20/h3-9,11-12,14H,1-2H3,(H2,24,25,26,27). The van der Waals surface area contributed by atoms with Crippen molar-refractivity contribution >= 4 is 22.4 Å². The highest BCUT2D eigenvalue weighted by Crippen LogP contribution is 2.26. The quantitative estimate of drug-likeness (QED) is 0.470. The smallest absolute Gasteiger partial charge is 0.282 e. The Hall–Kier alpha value is -4.45. The van der Waals surface area contributed by atoms with E-state index in [1.54, 1.807) is 21.5 Å². The molecule has 1 atom stereocenters. The first kappa shape index (κ1) is 18.6. The molecule has 0 fully saturated rings. The van der Waals surface area contributed by atoms with E-state index in [0.29, 0.717) is 33.8 Å². The van der Waals surface area contributed by atoms with Crippen molar-refractivity contribution in [2.75, 3.05) is 5.32 Å². The molecule has 0 saturated heterocycles. The van der Waals surface area contributed by atoms with Gasteiger partial charge in [0.1, 0.15) is 29.4 Å². The summed E-state index contributed by atoms with van der Waals surface area (Å²) in [5.74, 6) is 1.01. The molecule has 0 bridgehead atoms. The van der Waals surface area contributed by atoms with Crippen molar-refractivity contribution in [1.82, 2.24) is 29.1 Å². The number of nitriles is 1. The van der Waals surface area contributed by atoms with Crippen molar-refractivity contribution < 1.29 is 0 Å². The molecule has 0 spiro atoms. The van der Waals surface area contributed by atoms with Crippen LogP contribution in [0.4, 0.5) is 5.82 Å². The van der Waals surface area contributed by atoms with Crippen molar-refractivity contribution in [3.63, 3.8) is 0 Å². The van der Waals surface area contributed by atoms with Crippen molar-refractivity contribution in [2.24, 2.45) is 0 Å². The molecule has 0 aliphatic heterocycles. The van der Waals surface area contributed by atoms with Gasteiger partial charge in [0.25, 0.3) is 5.56 Å². The molecule has 9 heteroatoms. The Morgan fingerprint density at radius 2 is 2.00 bits per heavy atom. The van der Waals surface area contributed by atoms with Gasteiger partial charge in [-0.3, -0.25) is 9.36 Å². The van der Waals surface area contributed by atoms with Crippen molar-refractivity contribution in [3.8, 4) is 11.8 Å². The van der Waals surface area contributed by atoms with Gasteiger partial charge in [-0.2, -0.15) is 10.4 Å². The highest BCUT2D eigenvalue weighted by Gasteiger charge is 2.21. The summed E-state index contributed by atoms with van der Waals surface area (Å²) >= 11 is 0. The number of H-pyrrole nitrogens is 1. The molecule has 0 aliphatic rings. The highest BCUT2D eigenvalue weighted by atomic mass is 16.1. The zero-order valence-electron chi connectivity index (χ0n) is 16.9. The van der Waals surface area contributed by atoms with Crippen LogP contribution in [-0.2, 0) is 0 Å². The fraction of sp³-hybridized carbons (Fsp3) is 0.136. The molecule has 2 N–H and O–H groups in total. The molecule has 0 radical (unpaired) electrons. The molecule has 0 aliphatic carbocycles. The zero-order chi connectivity index (χ0) is 21.5. The third-order valence-electron chi connectivity index (χ3n) is 5.26. The van der Waals surface area contributed by atoms with Gasteiger partial charge < -0.3 is 10.3 Å². The average Bonchev–Trinajstić information content (AvgIpc) is 3.38. The number of rotatable bonds is 4. The van der Waals surface area contributed by atoms with Crippen molar-refractivity contribution in [1.29, 1.82) is 5.26 Å². The number of nitrogens with zero attached hydrogens (tertiary/aromatic N) is 6. The Bertz CT molecular complexity index is 1520. The molecule has 9 nitrogen and oxygen atoms in total. The maximum atomic E-state index is 13.5. The number of aromatic amines is 1. The predicted octanol–water partition coefficient (Wildman–Crippen LogP) is 3.11. The first-order valence-electron chi connectivity index (χ1n) is 9.73. The van der Waals surface area contributed by atoms with Gasteiger partial charge in [0.05, 0.1) is 22.7 Å². The van der Waals surface area contributed by atoms with Gasteiger partial charge in [-0.1, -0.05) is 18.2 Å². The Morgan fingerprint density at radius 1 is 1.19 bits per heavy atom. The number of aryl methyl sites for hydroxylation is 1. The van der Waals surface area contributed by atoms with E-state index in [1.807, 2.05) is 50.2 Å². The van der Waals surface area contributed by atoms with E-state index >= 15 is 0 Å². The first-order chi connectivity index (χ1) is 15.1. The van der Waals surface area contributed by atoms with Gasteiger partial charge in [0.15, 0.2) is 5.82 Å². The third-order valence-corrected chi connectivity index (χ3v) is 5.26. The van der Waals surface area contributed by atoms with E-state index in [2.05, 4.69) is 26.3 Å². The number of para-hydroxylation sites is 1. The Balaban J connectivity index is 1.69. The molecule has 5 aromatic rings. The maximum absolute atomic E-state index is 13.5. The normalized spacial score (nSPS) is 12.2. The van der Waals surface area contributed by atoms with Gasteiger partial charge in [-0.25, -0.2) is 14.5 Å². The monoisotopic (exact) mass is 410 g/mol. The second kappa shape index (κ2) is 7.11. The lowest BCUT2D eigenvalue weighted by molar-refractivity contribution is 0.673. The van der Waals surface area contributed by atoms with Gasteiger partial charge in [0.2, 0.25) is 0 Å². The Labute approximate surface area is 176 Å². The first-order valence-corrected chi connectivity index (χ1v) is 9.73. The lowest BCUT2D eigenvalue weighted by atomic mass is 10.2. The van der Waals surface area contributed by atoms with Crippen LogP contribution < -0.4 is 10.9 Å². The summed E-state index contributed by atoms with van der Waals surface area (Å²) in [5, 5.41) is 18.1. The molecule has 0 saturated carbocycles. The topological polar surface area (TPSA) is 117 Å². The fourth-order valence-corrected chi connectivity index (χ4v) is 3.77. The molecule has 31 heavy (non-hydrogen) atoms. The van der Waals surface area contributed by atoms with Crippen molar-refractivity contribution in [2.45, 2.75) is 19.9 Å². The number of hydrogen-bond acceptors (Lipinski definition) is 6. The number of nitrogens with one attached hydrogen (secondary N) is 2. The SMILES string of the molecule is Cc1ccn2nc(C(C)Nc3ncnc4[nH]cc(C#N)c34)n(-c3ccccc3)c(=O)c12. The van der Waals surface area contributed by atoms with Crippen LogP contribution in [0.25, 0.3) is 22.2 Å². The van der Waals surface area contributed by atoms with Gasteiger partial charge in [-0.05, 0) is 37.6 Å². The number of benzene rings is 1. The summed E-state index contributed by atoms with van der Waals surface area (Å²) in [6.45, 7) is 3.79. The summed E-state index contributed by atoms with van der Waals surface area (Å²) in [6, 6.07) is 13.0. The summed E-state index contributed by atoms with van der Waals surface area (Å²) < 4.78 is 3.22. The van der Waals surface area contributed by atoms with Gasteiger partial charge in [0, 0.05) is 12.4 Å². The fourth-order valence-electron chi connectivity index (χ4n) is 3.77. The average molecular weight is 410 g/mol. The molecule has 1 unspecified atom stereocenters.